The first-order valence-corrected chi connectivity index (χ1v) is 15.6. The van der Waals surface area contributed by atoms with E-state index in [0.717, 1.165) is 0 Å². The lowest BCUT2D eigenvalue weighted by molar-refractivity contribution is 1.37. The topological polar surface area (TPSA) is 0 Å². The van der Waals surface area contributed by atoms with Gasteiger partial charge in [0.15, 0.2) is 0 Å². The molecule has 0 radical (unpaired) electrons. The third-order valence-corrected chi connectivity index (χ3v) is 11.2. The fourth-order valence-electron chi connectivity index (χ4n) is 9.42. The summed E-state index contributed by atoms with van der Waals surface area (Å²) in [7, 11) is 0. The van der Waals surface area contributed by atoms with E-state index in [9.17, 15) is 0 Å². The van der Waals surface area contributed by atoms with E-state index in [1.54, 1.807) is 0 Å². The quantitative estimate of drug-likeness (QED) is 0.146. The van der Waals surface area contributed by atoms with E-state index in [4.69, 9.17) is 0 Å². The second-order valence-corrected chi connectivity index (χ2v) is 12.9. The summed E-state index contributed by atoms with van der Waals surface area (Å²) < 4.78 is 0. The lowest BCUT2D eigenvalue weighted by atomic mass is 9.86. The van der Waals surface area contributed by atoms with Gasteiger partial charge in [-0.15, -0.1) is 0 Å². The zero-order valence-electron chi connectivity index (χ0n) is 25.5. The molecule has 8 aromatic rings. The number of hydrogen-bond acceptors (Lipinski definition) is 0. The average Bonchev–Trinajstić information content (AvgIpc) is 3.58. The first kappa shape index (κ1) is 24.3. The molecule has 0 aromatic heterocycles. The summed E-state index contributed by atoms with van der Waals surface area (Å²) in [4.78, 5) is 0. The summed E-state index contributed by atoms with van der Waals surface area (Å²) in [6, 6.07) is 28.1. The minimum atomic E-state index is 1.19. The molecule has 0 nitrogen and oxygen atoms in total. The second kappa shape index (κ2) is 7.84. The van der Waals surface area contributed by atoms with Gasteiger partial charge in [-0.2, -0.15) is 0 Å². The van der Waals surface area contributed by atoms with Crippen LogP contribution in [0.15, 0.2) is 86.0 Å². The van der Waals surface area contributed by atoms with Gasteiger partial charge in [0.25, 0.3) is 0 Å². The van der Waals surface area contributed by atoms with Gasteiger partial charge in [0.05, 0.1) is 0 Å². The number of rotatable bonds is 2. The summed E-state index contributed by atoms with van der Waals surface area (Å²) in [6.45, 7) is 17.5. The fourth-order valence-corrected chi connectivity index (χ4v) is 9.42. The Morgan fingerprint density at radius 3 is 1.00 bits per heavy atom. The van der Waals surface area contributed by atoms with Crippen LogP contribution in [0.25, 0.3) is 111 Å². The molecule has 0 saturated heterocycles. The minimum absolute atomic E-state index is 1.19. The molecule has 0 bridgehead atoms. The van der Waals surface area contributed by atoms with E-state index in [0.29, 0.717) is 0 Å². The van der Waals surface area contributed by atoms with Crippen LogP contribution in [0.3, 0.4) is 0 Å². The van der Waals surface area contributed by atoms with Crippen molar-refractivity contribution in [3.8, 4) is 44.5 Å². The van der Waals surface area contributed by atoms with Crippen LogP contribution in [0.4, 0.5) is 0 Å². The Morgan fingerprint density at radius 1 is 0.364 bits per heavy atom. The highest BCUT2D eigenvalue weighted by atomic mass is 14.3. The smallest absolute Gasteiger partial charge is 0.00137 e. The number of hydrogen-bond donors (Lipinski definition) is 0. The molecule has 2 aliphatic carbocycles. The van der Waals surface area contributed by atoms with Gasteiger partial charge in [0.2, 0.25) is 0 Å². The van der Waals surface area contributed by atoms with Crippen molar-refractivity contribution in [2.45, 2.75) is 27.7 Å². The van der Waals surface area contributed by atoms with Gasteiger partial charge >= 0.3 is 0 Å². The number of fused-ring (bicyclic) bond motifs is 9. The third-order valence-electron chi connectivity index (χ3n) is 11.2. The molecule has 10 rings (SSSR count). The second-order valence-electron chi connectivity index (χ2n) is 12.9. The summed E-state index contributed by atoms with van der Waals surface area (Å²) >= 11 is 0. The van der Waals surface area contributed by atoms with Crippen molar-refractivity contribution in [2.24, 2.45) is 0 Å². The van der Waals surface area contributed by atoms with Crippen LogP contribution in [-0.2, 0) is 0 Å². The van der Waals surface area contributed by atoms with Crippen LogP contribution in [-0.4, -0.2) is 0 Å². The van der Waals surface area contributed by atoms with Gasteiger partial charge in [-0.3, -0.25) is 0 Å². The molecule has 206 valence electrons. The highest BCUT2D eigenvalue weighted by molar-refractivity contribution is 6.40. The Balaban J connectivity index is 1.38. The Labute approximate surface area is 256 Å². The van der Waals surface area contributed by atoms with Gasteiger partial charge in [-0.05, 0) is 159 Å². The maximum atomic E-state index is 4.18. The highest BCUT2D eigenvalue weighted by Gasteiger charge is 2.32. The summed E-state index contributed by atoms with van der Waals surface area (Å²) in [5.41, 5.74) is 18.7. The van der Waals surface area contributed by atoms with Gasteiger partial charge in [-0.1, -0.05) is 98.1 Å². The molecule has 0 saturated carbocycles. The molecule has 0 atom stereocenters. The van der Waals surface area contributed by atoms with Gasteiger partial charge in [-0.25, -0.2) is 0 Å². The molecule has 0 aliphatic heterocycles. The van der Waals surface area contributed by atoms with Crippen molar-refractivity contribution in [2.75, 3.05) is 0 Å². The zero-order valence-corrected chi connectivity index (χ0v) is 25.5. The third kappa shape index (κ3) is 2.48. The first-order chi connectivity index (χ1) is 21.5. The van der Waals surface area contributed by atoms with E-state index < -0.39 is 0 Å². The van der Waals surface area contributed by atoms with Crippen molar-refractivity contribution in [3.63, 3.8) is 0 Å². The molecule has 0 spiro atoms. The van der Waals surface area contributed by atoms with Crippen molar-refractivity contribution < 1.29 is 0 Å². The molecule has 8 aromatic carbocycles. The fraction of sp³-hybridized carbons (Fsp3) is 0.0909. The predicted molar refractivity (Wildman–Crippen MR) is 193 cm³/mol. The average molecular weight is 559 g/mol. The van der Waals surface area contributed by atoms with E-state index in [2.05, 4.69) is 114 Å². The SMILES string of the molecule is C=Cc1c(C)c2c(c(C)c1C=C)-c1ccc3c4ccc5c6c(ccc(c7ccc-2c1c73)c64)-c1c-5c(C)c2ccccc2c1C. The summed E-state index contributed by atoms with van der Waals surface area (Å²) in [5.74, 6) is 0. The highest BCUT2D eigenvalue weighted by Crippen LogP contribution is 2.58. The first-order valence-electron chi connectivity index (χ1n) is 15.6. The van der Waals surface area contributed by atoms with E-state index >= 15 is 0 Å². The largest absolute Gasteiger partial charge is 0.0984 e. The Kier molecular flexibility index (Phi) is 4.32. The number of benzene rings is 8. The van der Waals surface area contributed by atoms with Crippen LogP contribution in [0.1, 0.15) is 33.4 Å². The standard InChI is InChI=1S/C44H30/c1-7-25-21(3)37-33-17-13-29-31-15-19-35-39-23(5)27-11-9-10-12-28(27)24(6)40(39)36-20-16-32(42(31)44(35)36)30-14-18-34(43(33)41(29)30)38(37)22(4)26(25)8-2/h7-20H,1-2H2,3-6H3. The maximum Gasteiger partial charge on any atom is -0.00137 e. The molecule has 0 amide bonds. The molecule has 44 heavy (non-hydrogen) atoms. The van der Waals surface area contributed by atoms with E-state index in [1.165, 1.54) is 132 Å². The van der Waals surface area contributed by atoms with Crippen LogP contribution in [0.2, 0.25) is 0 Å². The molecule has 0 heterocycles. The minimum Gasteiger partial charge on any atom is -0.0984 e. The summed E-state index contributed by atoms with van der Waals surface area (Å²) in [6.07, 6.45) is 4.00. The van der Waals surface area contributed by atoms with Crippen molar-refractivity contribution in [1.82, 2.24) is 0 Å². The normalized spacial score (nSPS) is 12.7. The Bertz CT molecular complexity index is 2530. The Morgan fingerprint density at radius 2 is 0.682 bits per heavy atom. The van der Waals surface area contributed by atoms with Crippen LogP contribution >= 0.6 is 0 Å². The zero-order chi connectivity index (χ0) is 29.8. The van der Waals surface area contributed by atoms with Gasteiger partial charge in [0.1, 0.15) is 0 Å². The lowest BCUT2D eigenvalue weighted by Gasteiger charge is -2.17. The molecule has 2 aliphatic rings. The van der Waals surface area contributed by atoms with E-state index in [-0.39, 0.29) is 0 Å². The molecule has 0 N–H and O–H groups in total. The van der Waals surface area contributed by atoms with Crippen molar-refractivity contribution >= 4 is 66.0 Å². The molecule has 0 unspecified atom stereocenters. The van der Waals surface area contributed by atoms with Crippen molar-refractivity contribution in [1.29, 1.82) is 0 Å². The van der Waals surface area contributed by atoms with Gasteiger partial charge in [0, 0.05) is 0 Å². The number of aryl methyl sites for hydroxylation is 2. The predicted octanol–water partition coefficient (Wildman–Crippen LogP) is 12.7. The van der Waals surface area contributed by atoms with Crippen LogP contribution in [0, 0.1) is 27.7 Å². The monoisotopic (exact) mass is 558 g/mol. The molecule has 0 fully saturated rings. The Hall–Kier alpha value is -5.20. The maximum absolute atomic E-state index is 4.18. The van der Waals surface area contributed by atoms with E-state index in [1.807, 2.05) is 12.2 Å². The molecular weight excluding hydrogens is 528 g/mol. The summed E-state index contributed by atoms with van der Waals surface area (Å²) in [5, 5.41) is 13.7. The van der Waals surface area contributed by atoms with Crippen LogP contribution < -0.4 is 0 Å². The van der Waals surface area contributed by atoms with Gasteiger partial charge < -0.3 is 0 Å². The molecule has 0 heteroatoms. The molecular formula is C44H30. The van der Waals surface area contributed by atoms with Crippen LogP contribution in [0.5, 0.6) is 0 Å². The lowest BCUT2D eigenvalue weighted by Crippen LogP contribution is -1.96. The van der Waals surface area contributed by atoms with Crippen molar-refractivity contribution in [3.05, 3.63) is 119 Å².